The average molecular weight is 1030 g/mol. The van der Waals surface area contributed by atoms with Crippen LogP contribution in [0.5, 0.6) is 28.7 Å². The number of carbonyl (C=O) groups is 5. The Bertz CT molecular complexity index is 2800. The molecule has 0 amide bonds. The van der Waals surface area contributed by atoms with Gasteiger partial charge in [0.25, 0.3) is 0 Å². The molecule has 0 saturated heterocycles. The van der Waals surface area contributed by atoms with Crippen LogP contribution in [0.15, 0.2) is 121 Å². The summed E-state index contributed by atoms with van der Waals surface area (Å²) in [4.78, 5) is 65.7. The van der Waals surface area contributed by atoms with E-state index in [1.165, 1.54) is 0 Å². The molecule has 0 bridgehead atoms. The number of hydrogen-bond acceptors (Lipinski definition) is 10. The molecule has 6 rings (SSSR count). The Morgan fingerprint density at radius 1 is 0.303 bits per heavy atom. The first-order valence-electron chi connectivity index (χ1n) is 26.2. The van der Waals surface area contributed by atoms with Crippen LogP contribution in [0.4, 0.5) is 0 Å². The van der Waals surface area contributed by atoms with E-state index >= 15 is 0 Å². The minimum absolute atomic E-state index is 0.227. The summed E-state index contributed by atoms with van der Waals surface area (Å²) >= 11 is 0. The Labute approximate surface area is 451 Å². The third-order valence-corrected chi connectivity index (χ3v) is 12.3. The first-order valence-corrected chi connectivity index (χ1v) is 26.2. The van der Waals surface area contributed by atoms with Gasteiger partial charge < -0.3 is 23.7 Å². The van der Waals surface area contributed by atoms with Gasteiger partial charge in [-0.25, -0.2) is 0 Å². The van der Waals surface area contributed by atoms with Crippen molar-refractivity contribution in [1.29, 1.82) is 0 Å². The van der Waals surface area contributed by atoms with Gasteiger partial charge >= 0.3 is 29.8 Å². The fourth-order valence-corrected chi connectivity index (χ4v) is 9.22. The molecule has 0 heterocycles. The standard InChI is InChI=1S/C66H78O10/c1-61(2,3)37-52(67)72-47-27-17-42(18-28-47)57-58(43-19-29-48(30-20-43)73-53(68)38-62(4,5)6)60(45-23-33-50(34-24-45)75-55(70)40-64(10,11)12)66(16,46-25-35-51(36-26-46)76-56(71)41-65(13,14)15)59(57)44-21-31-49(32-22-44)74-54(69)39-63(7,8)9/h17-36H,37-41H2,1-16H3. The van der Waals surface area contributed by atoms with E-state index in [1.807, 2.05) is 177 Å². The van der Waals surface area contributed by atoms with Gasteiger partial charge in [0.1, 0.15) is 28.7 Å². The fourth-order valence-electron chi connectivity index (χ4n) is 9.22. The zero-order valence-electron chi connectivity index (χ0n) is 47.7. The maximum Gasteiger partial charge on any atom is 0.311 e. The monoisotopic (exact) mass is 1030 g/mol. The van der Waals surface area contributed by atoms with Crippen LogP contribution in [0, 0.1) is 27.1 Å². The van der Waals surface area contributed by atoms with Crippen molar-refractivity contribution in [2.45, 2.75) is 148 Å². The zero-order chi connectivity index (χ0) is 56.2. The van der Waals surface area contributed by atoms with E-state index in [0.717, 1.165) is 50.1 Å². The van der Waals surface area contributed by atoms with Gasteiger partial charge in [-0.2, -0.15) is 0 Å². The van der Waals surface area contributed by atoms with E-state index in [2.05, 4.69) is 6.92 Å². The highest BCUT2D eigenvalue weighted by molar-refractivity contribution is 6.31. The number of carbonyl (C=O) groups excluding carboxylic acids is 5. The van der Waals surface area contributed by atoms with Crippen molar-refractivity contribution >= 4 is 52.1 Å². The highest BCUT2D eigenvalue weighted by atomic mass is 16.6. The molecule has 10 nitrogen and oxygen atoms in total. The summed E-state index contributed by atoms with van der Waals surface area (Å²) < 4.78 is 29.5. The van der Waals surface area contributed by atoms with Crippen molar-refractivity contribution in [3.8, 4) is 28.7 Å². The highest BCUT2D eigenvalue weighted by Crippen LogP contribution is 2.62. The van der Waals surface area contributed by atoms with E-state index < -0.39 is 5.41 Å². The summed E-state index contributed by atoms with van der Waals surface area (Å²) in [6, 6.07) is 37.5. The van der Waals surface area contributed by atoms with Gasteiger partial charge in [-0.3, -0.25) is 24.0 Å². The number of allylic oxidation sites excluding steroid dienone is 4. The molecular weight excluding hydrogens is 953 g/mol. The summed E-state index contributed by atoms with van der Waals surface area (Å²) in [5.41, 5.74) is 5.07. The Hall–Kier alpha value is -7.07. The third-order valence-electron chi connectivity index (χ3n) is 12.3. The van der Waals surface area contributed by atoms with E-state index in [1.54, 1.807) is 48.5 Å². The molecule has 0 saturated carbocycles. The summed E-state index contributed by atoms with van der Waals surface area (Å²) in [6.45, 7) is 31.9. The molecular formula is C66H78O10. The van der Waals surface area contributed by atoms with E-state index in [4.69, 9.17) is 23.7 Å². The smallest absolute Gasteiger partial charge is 0.311 e. The summed E-state index contributed by atoms with van der Waals surface area (Å²) in [5.74, 6) is 0.245. The van der Waals surface area contributed by atoms with Crippen LogP contribution in [0.3, 0.4) is 0 Å². The van der Waals surface area contributed by atoms with Crippen molar-refractivity contribution in [1.82, 2.24) is 0 Å². The molecule has 0 aliphatic heterocycles. The molecule has 0 atom stereocenters. The Kier molecular flexibility index (Phi) is 17.3. The number of rotatable bonds is 15. The van der Waals surface area contributed by atoms with Gasteiger partial charge in [-0.15, -0.1) is 0 Å². The van der Waals surface area contributed by atoms with E-state index in [9.17, 15) is 24.0 Å². The Morgan fingerprint density at radius 2 is 0.487 bits per heavy atom. The maximum atomic E-state index is 13.2. The van der Waals surface area contributed by atoms with Crippen LogP contribution >= 0.6 is 0 Å². The topological polar surface area (TPSA) is 132 Å². The molecule has 1 aliphatic rings. The summed E-state index contributed by atoms with van der Waals surface area (Å²) in [7, 11) is 0. The molecule has 5 aromatic carbocycles. The molecule has 0 N–H and O–H groups in total. The Morgan fingerprint density at radius 3 is 0.684 bits per heavy atom. The molecule has 0 spiro atoms. The lowest BCUT2D eigenvalue weighted by molar-refractivity contribution is -0.137. The van der Waals surface area contributed by atoms with Crippen LogP contribution in [-0.4, -0.2) is 29.8 Å². The largest absolute Gasteiger partial charge is 0.427 e. The lowest BCUT2D eigenvalue weighted by atomic mass is 9.68. The zero-order valence-corrected chi connectivity index (χ0v) is 47.7. The molecule has 402 valence electrons. The van der Waals surface area contributed by atoms with Crippen LogP contribution in [0.1, 0.15) is 171 Å². The molecule has 0 unspecified atom stereocenters. The van der Waals surface area contributed by atoms with Gasteiger partial charge in [-0.05, 0) is 145 Å². The first kappa shape index (κ1) is 58.2. The summed E-state index contributed by atoms with van der Waals surface area (Å²) in [5, 5.41) is 0. The lowest BCUT2D eigenvalue weighted by Gasteiger charge is -2.34. The van der Waals surface area contributed by atoms with Crippen molar-refractivity contribution in [3.05, 3.63) is 149 Å². The SMILES string of the molecule is CC(C)(C)CC(=O)Oc1ccc(C2=C(c3ccc(OC(=O)CC(C)(C)C)cc3)C(C)(c3ccc(OC(=O)CC(C)(C)C)cc3)C(c3ccc(OC(=O)CC(C)(C)C)cc3)=C2c2ccc(OC(=O)CC(C)(C)C)cc2)cc1. The van der Waals surface area contributed by atoms with Crippen LogP contribution in [-0.2, 0) is 29.4 Å². The van der Waals surface area contributed by atoms with Gasteiger partial charge in [0.2, 0.25) is 0 Å². The molecule has 76 heavy (non-hydrogen) atoms. The molecule has 0 radical (unpaired) electrons. The van der Waals surface area contributed by atoms with E-state index in [0.29, 0.717) is 28.7 Å². The first-order chi connectivity index (χ1) is 35.1. The maximum absolute atomic E-state index is 13.2. The van der Waals surface area contributed by atoms with Crippen molar-refractivity contribution in [2.75, 3.05) is 0 Å². The second kappa shape index (κ2) is 22.6. The quantitative estimate of drug-likeness (QED) is 0.0737. The second-order valence-electron chi connectivity index (χ2n) is 26.3. The van der Waals surface area contributed by atoms with Crippen LogP contribution in [0.25, 0.3) is 22.3 Å². The van der Waals surface area contributed by atoms with Gasteiger partial charge in [0.15, 0.2) is 0 Å². The number of benzene rings is 5. The minimum atomic E-state index is -1.02. The summed E-state index contributed by atoms with van der Waals surface area (Å²) in [6.07, 6.45) is 1.14. The van der Waals surface area contributed by atoms with Gasteiger partial charge in [0, 0.05) is 5.41 Å². The second-order valence-corrected chi connectivity index (χ2v) is 26.3. The van der Waals surface area contributed by atoms with Crippen molar-refractivity contribution in [2.24, 2.45) is 27.1 Å². The Balaban J connectivity index is 1.66. The molecule has 1 aliphatic carbocycles. The molecule has 0 aromatic heterocycles. The van der Waals surface area contributed by atoms with Crippen LogP contribution < -0.4 is 23.7 Å². The van der Waals surface area contributed by atoms with Crippen molar-refractivity contribution in [3.63, 3.8) is 0 Å². The van der Waals surface area contributed by atoms with Crippen LogP contribution in [0.2, 0.25) is 0 Å². The normalized spacial score (nSPS) is 14.1. The third kappa shape index (κ3) is 16.2. The fraction of sp³-hybridized carbons (Fsp3) is 0.409. The highest BCUT2D eigenvalue weighted by Gasteiger charge is 2.47. The molecule has 5 aromatic rings. The minimum Gasteiger partial charge on any atom is -0.427 e. The molecule has 0 fully saturated rings. The number of ether oxygens (including phenoxy) is 5. The predicted molar refractivity (Wildman–Crippen MR) is 302 cm³/mol. The molecule has 10 heteroatoms. The lowest BCUT2D eigenvalue weighted by Crippen LogP contribution is -2.24. The van der Waals surface area contributed by atoms with E-state index in [-0.39, 0.29) is 89.0 Å². The van der Waals surface area contributed by atoms with Gasteiger partial charge in [-0.1, -0.05) is 165 Å². The average Bonchev–Trinajstić information content (AvgIpc) is 3.54. The van der Waals surface area contributed by atoms with Crippen molar-refractivity contribution < 1.29 is 47.7 Å². The number of hydrogen-bond donors (Lipinski definition) is 0. The predicted octanol–water partition coefficient (Wildman–Crippen LogP) is 15.9. The number of esters is 5. The van der Waals surface area contributed by atoms with Gasteiger partial charge in [0.05, 0.1) is 32.1 Å².